The molecule has 1 saturated heterocycles. The van der Waals surface area contributed by atoms with Crippen molar-refractivity contribution in [1.82, 2.24) is 24.7 Å². The maximum Gasteiger partial charge on any atom is 0.322 e. The van der Waals surface area contributed by atoms with E-state index < -0.39 is 5.82 Å². The van der Waals surface area contributed by atoms with Crippen molar-refractivity contribution in [1.29, 1.82) is 0 Å². The summed E-state index contributed by atoms with van der Waals surface area (Å²) in [5.41, 5.74) is 0.975. The van der Waals surface area contributed by atoms with Crippen LogP contribution in [0.1, 0.15) is 38.4 Å². The van der Waals surface area contributed by atoms with Crippen LogP contribution in [0.4, 0.5) is 16.2 Å². The quantitative estimate of drug-likeness (QED) is 0.549. The molecule has 3 aromatic rings. The van der Waals surface area contributed by atoms with E-state index in [1.54, 1.807) is 17.1 Å². The number of hydrogen-bond donors (Lipinski definition) is 1. The predicted octanol–water partition coefficient (Wildman–Crippen LogP) is 4.87. The van der Waals surface area contributed by atoms with Gasteiger partial charge in [-0.3, -0.25) is 0 Å². The van der Waals surface area contributed by atoms with E-state index in [1.807, 2.05) is 26.8 Å². The summed E-state index contributed by atoms with van der Waals surface area (Å²) in [5, 5.41) is 8.47. The van der Waals surface area contributed by atoms with Crippen LogP contribution < -0.4 is 15.0 Å². The topological polar surface area (TPSA) is 81.0 Å². The zero-order valence-corrected chi connectivity index (χ0v) is 19.6. The molecule has 2 fully saturated rings. The van der Waals surface area contributed by atoms with Gasteiger partial charge in [-0.1, -0.05) is 11.6 Å². The third-order valence-corrected chi connectivity index (χ3v) is 6.60. The van der Waals surface area contributed by atoms with Gasteiger partial charge in [0, 0.05) is 42.0 Å². The van der Waals surface area contributed by atoms with Crippen LogP contribution >= 0.6 is 11.6 Å². The van der Waals surface area contributed by atoms with Crippen LogP contribution in [0, 0.1) is 24.6 Å². The molecule has 1 aliphatic carbocycles. The van der Waals surface area contributed by atoms with Crippen LogP contribution in [0.3, 0.4) is 0 Å². The van der Waals surface area contributed by atoms with E-state index in [0.717, 1.165) is 37.4 Å². The fraction of sp³-hybridized carbons (Fsp3) is 0.478. The highest BCUT2D eigenvalue weighted by Gasteiger charge is 2.43. The number of aromatic nitrogens is 5. The smallest absolute Gasteiger partial charge is 0.322 e. The second kappa shape index (κ2) is 8.78. The first-order valence-corrected chi connectivity index (χ1v) is 11.6. The molecule has 10 heteroatoms. The highest BCUT2D eigenvalue weighted by Crippen LogP contribution is 2.40. The van der Waals surface area contributed by atoms with E-state index in [4.69, 9.17) is 16.3 Å². The van der Waals surface area contributed by atoms with Crippen molar-refractivity contribution in [2.75, 3.05) is 23.3 Å². The lowest BCUT2D eigenvalue weighted by Gasteiger charge is -2.38. The Balaban J connectivity index is 1.33. The van der Waals surface area contributed by atoms with Gasteiger partial charge < -0.3 is 15.0 Å². The molecule has 33 heavy (non-hydrogen) atoms. The van der Waals surface area contributed by atoms with Crippen LogP contribution in [-0.4, -0.2) is 43.9 Å². The number of fused-ring (bicyclic) bond motifs is 2. The highest BCUT2D eigenvalue weighted by atomic mass is 35.5. The largest absolute Gasteiger partial charge is 0.424 e. The molecule has 0 amide bonds. The molecule has 1 saturated carbocycles. The van der Waals surface area contributed by atoms with E-state index >= 15 is 0 Å². The molecule has 0 unspecified atom stereocenters. The number of anilines is 2. The third-order valence-electron chi connectivity index (χ3n) is 6.38. The van der Waals surface area contributed by atoms with Crippen molar-refractivity contribution in [3.63, 3.8) is 0 Å². The first-order valence-electron chi connectivity index (χ1n) is 11.3. The van der Waals surface area contributed by atoms with E-state index in [-0.39, 0.29) is 22.9 Å². The molecule has 5 rings (SSSR count). The fourth-order valence-corrected chi connectivity index (χ4v) is 5.09. The summed E-state index contributed by atoms with van der Waals surface area (Å²) in [6.45, 7) is 7.84. The van der Waals surface area contributed by atoms with Crippen LogP contribution in [0.25, 0.3) is 0 Å². The Morgan fingerprint density at radius 3 is 2.55 bits per heavy atom. The first-order chi connectivity index (χ1) is 15.9. The number of benzene rings is 1. The number of hydrogen-bond acceptors (Lipinski definition) is 7. The Morgan fingerprint density at radius 2 is 1.88 bits per heavy atom. The zero-order valence-electron chi connectivity index (χ0n) is 18.9. The Hall–Kier alpha value is -2.94. The van der Waals surface area contributed by atoms with Crippen LogP contribution in [0.5, 0.6) is 11.8 Å². The SMILES string of the molecule is Cc1cc(N2C[C@H]3CC[C@@H](C2)[C@H]3Nc2nc(Oc3cc(F)cc(Cl)c3)n(C(C)C)n2)ncn1. The average molecular weight is 472 g/mol. The molecular weight excluding hydrogens is 445 g/mol. The molecule has 3 heterocycles. The summed E-state index contributed by atoms with van der Waals surface area (Å²) in [7, 11) is 0. The minimum Gasteiger partial charge on any atom is -0.424 e. The summed E-state index contributed by atoms with van der Waals surface area (Å²) in [6, 6.07) is 6.72. The number of ether oxygens (including phenoxy) is 1. The Bertz CT molecular complexity index is 1120. The third kappa shape index (κ3) is 4.59. The molecule has 2 bridgehead atoms. The van der Waals surface area contributed by atoms with Crippen molar-refractivity contribution in [3.8, 4) is 11.8 Å². The van der Waals surface area contributed by atoms with Gasteiger partial charge in [0.05, 0.1) is 6.04 Å². The van der Waals surface area contributed by atoms with Crippen molar-refractivity contribution in [2.24, 2.45) is 11.8 Å². The lowest BCUT2D eigenvalue weighted by Crippen LogP contribution is -2.48. The van der Waals surface area contributed by atoms with Gasteiger partial charge in [-0.05, 0) is 57.6 Å². The van der Waals surface area contributed by atoms with Gasteiger partial charge >= 0.3 is 6.01 Å². The molecule has 0 radical (unpaired) electrons. The molecule has 8 nitrogen and oxygen atoms in total. The molecule has 2 aromatic heterocycles. The number of nitrogens with zero attached hydrogens (tertiary/aromatic N) is 6. The van der Waals surface area contributed by atoms with E-state index in [2.05, 4.69) is 30.3 Å². The van der Waals surface area contributed by atoms with Crippen molar-refractivity contribution in [2.45, 2.75) is 45.7 Å². The molecular formula is C23H27ClFN7O. The molecule has 174 valence electrons. The second-order valence-electron chi connectivity index (χ2n) is 9.15. The Morgan fingerprint density at radius 1 is 1.12 bits per heavy atom. The van der Waals surface area contributed by atoms with E-state index in [1.165, 1.54) is 12.1 Å². The van der Waals surface area contributed by atoms with Crippen LogP contribution in [0.2, 0.25) is 5.02 Å². The van der Waals surface area contributed by atoms with Gasteiger partial charge in [0.25, 0.3) is 0 Å². The lowest BCUT2D eigenvalue weighted by molar-refractivity contribution is 0.373. The van der Waals surface area contributed by atoms with Gasteiger partial charge in [-0.15, -0.1) is 5.10 Å². The van der Waals surface area contributed by atoms with Gasteiger partial charge in [0.15, 0.2) is 0 Å². The van der Waals surface area contributed by atoms with Gasteiger partial charge in [0.1, 0.15) is 23.7 Å². The minimum atomic E-state index is -0.464. The maximum atomic E-state index is 13.7. The molecule has 3 atom stereocenters. The minimum absolute atomic E-state index is 0.0201. The van der Waals surface area contributed by atoms with Crippen LogP contribution in [0.15, 0.2) is 30.6 Å². The second-order valence-corrected chi connectivity index (χ2v) is 9.59. The first kappa shape index (κ1) is 21.9. The molecule has 0 spiro atoms. The monoisotopic (exact) mass is 471 g/mol. The van der Waals surface area contributed by atoms with Crippen molar-refractivity contribution < 1.29 is 9.13 Å². The summed E-state index contributed by atoms with van der Waals surface area (Å²) >= 11 is 5.97. The molecule has 2 aliphatic rings. The standard InChI is InChI=1S/C23H27ClFN7O/c1-13(2)32-23(33-19-8-17(24)7-18(25)9-19)29-22(30-32)28-21-15-4-5-16(21)11-31(10-15)20-6-14(3)26-12-27-20/h6-9,12-13,15-16,21H,4-5,10-11H2,1-3H3,(H,28,30)/t15-,16+,21+. The molecule has 1 aliphatic heterocycles. The van der Waals surface area contributed by atoms with Crippen LogP contribution in [-0.2, 0) is 0 Å². The normalized spacial score (nSPS) is 22.1. The number of aryl methyl sites for hydroxylation is 1. The highest BCUT2D eigenvalue weighted by molar-refractivity contribution is 6.30. The summed E-state index contributed by atoms with van der Waals surface area (Å²) in [4.78, 5) is 15.6. The number of halogens is 2. The number of piperidine rings is 1. The van der Waals surface area contributed by atoms with Gasteiger partial charge in [0.2, 0.25) is 5.95 Å². The van der Waals surface area contributed by atoms with E-state index in [9.17, 15) is 4.39 Å². The summed E-state index contributed by atoms with van der Waals surface area (Å²) in [5.74, 6) is 2.27. The van der Waals surface area contributed by atoms with Gasteiger partial charge in [-0.25, -0.2) is 19.0 Å². The van der Waals surface area contributed by atoms with Crippen molar-refractivity contribution >= 4 is 23.4 Å². The predicted molar refractivity (Wildman–Crippen MR) is 124 cm³/mol. The van der Waals surface area contributed by atoms with Gasteiger partial charge in [-0.2, -0.15) is 4.98 Å². The molecule has 1 aromatic carbocycles. The Labute approximate surface area is 197 Å². The zero-order chi connectivity index (χ0) is 23.1. The van der Waals surface area contributed by atoms with Crippen molar-refractivity contribution in [3.05, 3.63) is 47.1 Å². The average Bonchev–Trinajstić information content (AvgIpc) is 3.23. The molecule has 1 N–H and O–H groups in total. The number of nitrogens with one attached hydrogen (secondary N) is 1. The maximum absolute atomic E-state index is 13.7. The summed E-state index contributed by atoms with van der Waals surface area (Å²) < 4.78 is 21.3. The number of rotatable bonds is 6. The lowest BCUT2D eigenvalue weighted by atomic mass is 9.92. The van der Waals surface area contributed by atoms with E-state index in [0.29, 0.717) is 23.8 Å². The fourth-order valence-electron chi connectivity index (χ4n) is 4.88. The summed E-state index contributed by atoms with van der Waals surface area (Å²) in [6.07, 6.45) is 3.94. The Kier molecular flexibility index (Phi) is 5.82.